The fourth-order valence-electron chi connectivity index (χ4n) is 4.40. The highest BCUT2D eigenvalue weighted by atomic mass is 16.4. The molecule has 0 spiro atoms. The number of amides is 2. The molecule has 5 heteroatoms. The van der Waals surface area contributed by atoms with Crippen molar-refractivity contribution in [2.24, 2.45) is 29.6 Å². The van der Waals surface area contributed by atoms with E-state index in [0.29, 0.717) is 11.8 Å². The fourth-order valence-corrected chi connectivity index (χ4v) is 4.40. The van der Waals surface area contributed by atoms with E-state index in [0.717, 1.165) is 24.2 Å². The third kappa shape index (κ3) is 1.56. The number of fused-ring (bicyclic) bond motifs is 5. The van der Waals surface area contributed by atoms with Crippen LogP contribution in [0.2, 0.25) is 0 Å². The number of hydrogen-bond donors (Lipinski definition) is 1. The summed E-state index contributed by atoms with van der Waals surface area (Å²) < 4.78 is 0. The minimum absolute atomic E-state index is 0.230. The van der Waals surface area contributed by atoms with Crippen LogP contribution >= 0.6 is 0 Å². The van der Waals surface area contributed by atoms with Crippen molar-refractivity contribution >= 4 is 17.8 Å². The van der Waals surface area contributed by atoms with E-state index in [4.69, 9.17) is 0 Å². The fraction of sp³-hybridized carbons (Fsp3) is 0.786. The molecule has 5 atom stereocenters. The first-order chi connectivity index (χ1) is 8.93. The van der Waals surface area contributed by atoms with Crippen molar-refractivity contribution in [2.45, 2.75) is 39.2 Å². The molecule has 0 aromatic carbocycles. The maximum Gasteiger partial charge on any atom is 0.327 e. The summed E-state index contributed by atoms with van der Waals surface area (Å²) in [6.45, 7) is 3.48. The summed E-state index contributed by atoms with van der Waals surface area (Å²) in [5.41, 5.74) is 0. The van der Waals surface area contributed by atoms with E-state index in [1.165, 1.54) is 0 Å². The van der Waals surface area contributed by atoms with Gasteiger partial charge < -0.3 is 5.11 Å². The molecule has 0 aromatic rings. The summed E-state index contributed by atoms with van der Waals surface area (Å²) in [4.78, 5) is 37.4. The van der Waals surface area contributed by atoms with Crippen LogP contribution in [0.5, 0.6) is 0 Å². The summed E-state index contributed by atoms with van der Waals surface area (Å²) in [6, 6.07) is -1.01. The van der Waals surface area contributed by atoms with E-state index in [-0.39, 0.29) is 29.6 Å². The van der Waals surface area contributed by atoms with Crippen LogP contribution in [-0.4, -0.2) is 33.8 Å². The monoisotopic (exact) mass is 265 g/mol. The van der Waals surface area contributed by atoms with Gasteiger partial charge in [-0.1, -0.05) is 13.8 Å². The van der Waals surface area contributed by atoms with Crippen LogP contribution < -0.4 is 0 Å². The van der Waals surface area contributed by atoms with Crippen LogP contribution in [0.4, 0.5) is 0 Å². The molecule has 0 aromatic heterocycles. The first-order valence-corrected chi connectivity index (χ1v) is 7.03. The van der Waals surface area contributed by atoms with E-state index in [1.54, 1.807) is 13.8 Å². The van der Waals surface area contributed by atoms with Gasteiger partial charge in [-0.25, -0.2) is 4.79 Å². The summed E-state index contributed by atoms with van der Waals surface area (Å²) in [5.74, 6) is -1.66. The summed E-state index contributed by atoms with van der Waals surface area (Å²) in [7, 11) is 0. The Morgan fingerprint density at radius 2 is 1.63 bits per heavy atom. The van der Waals surface area contributed by atoms with Gasteiger partial charge in [0.05, 0.1) is 11.8 Å². The van der Waals surface area contributed by atoms with Crippen LogP contribution in [0.3, 0.4) is 0 Å². The molecular formula is C14H19NO4. The van der Waals surface area contributed by atoms with E-state index < -0.39 is 12.0 Å². The molecule has 0 unspecified atom stereocenters. The molecular weight excluding hydrogens is 246 g/mol. The maximum absolute atomic E-state index is 12.5. The highest BCUT2D eigenvalue weighted by molar-refractivity contribution is 6.08. The molecule has 2 amide bonds. The lowest BCUT2D eigenvalue weighted by Crippen LogP contribution is -2.49. The normalized spacial score (nSPS) is 38.2. The number of carbonyl (C=O) groups is 3. The zero-order valence-electron chi connectivity index (χ0n) is 11.2. The molecule has 2 aliphatic carbocycles. The first-order valence-electron chi connectivity index (χ1n) is 7.03. The minimum atomic E-state index is -1.08. The maximum atomic E-state index is 12.5. The Morgan fingerprint density at radius 3 is 2.00 bits per heavy atom. The van der Waals surface area contributed by atoms with E-state index >= 15 is 0 Å². The second kappa shape index (κ2) is 4.05. The predicted octanol–water partition coefficient (Wildman–Crippen LogP) is 1.13. The average Bonchev–Trinajstić information content (AvgIpc) is 2.97. The molecule has 0 radical (unpaired) electrons. The second-order valence-electron chi connectivity index (χ2n) is 6.46. The van der Waals surface area contributed by atoms with Crippen LogP contribution in [0.15, 0.2) is 0 Å². The van der Waals surface area contributed by atoms with Crippen molar-refractivity contribution in [1.82, 2.24) is 4.90 Å². The number of carbonyl (C=O) groups excluding carboxylic acids is 2. The topological polar surface area (TPSA) is 74.7 Å². The van der Waals surface area contributed by atoms with E-state index in [9.17, 15) is 19.5 Å². The lowest BCUT2D eigenvalue weighted by molar-refractivity contribution is -0.157. The van der Waals surface area contributed by atoms with Crippen molar-refractivity contribution in [1.29, 1.82) is 0 Å². The van der Waals surface area contributed by atoms with Crippen LogP contribution in [-0.2, 0) is 14.4 Å². The van der Waals surface area contributed by atoms with Gasteiger partial charge in [0.1, 0.15) is 6.04 Å². The Kier molecular flexibility index (Phi) is 2.69. The number of carboxylic acids is 1. The van der Waals surface area contributed by atoms with Gasteiger partial charge in [-0.3, -0.25) is 14.5 Å². The van der Waals surface area contributed by atoms with Gasteiger partial charge in [0, 0.05) is 0 Å². The van der Waals surface area contributed by atoms with E-state index in [2.05, 4.69) is 0 Å². The van der Waals surface area contributed by atoms with Crippen molar-refractivity contribution in [2.75, 3.05) is 0 Å². The SMILES string of the molecule is CC(C)[C@H](C(=O)O)N1C(=O)[C@H]2[C@@H]3CC[C@@H](C3)[C@@H]2C1=O. The number of hydrogen-bond acceptors (Lipinski definition) is 3. The summed E-state index contributed by atoms with van der Waals surface area (Å²) >= 11 is 0. The molecule has 19 heavy (non-hydrogen) atoms. The van der Waals surface area contributed by atoms with Crippen LogP contribution in [0.25, 0.3) is 0 Å². The Bertz CT molecular complexity index is 430. The van der Waals surface area contributed by atoms with Gasteiger partial charge in [0.15, 0.2) is 0 Å². The van der Waals surface area contributed by atoms with Crippen molar-refractivity contribution in [3.63, 3.8) is 0 Å². The first kappa shape index (κ1) is 12.6. The second-order valence-corrected chi connectivity index (χ2v) is 6.46. The van der Waals surface area contributed by atoms with Gasteiger partial charge >= 0.3 is 5.97 Å². The number of imide groups is 1. The smallest absolute Gasteiger partial charge is 0.327 e. The molecule has 1 heterocycles. The Labute approximate surface area is 112 Å². The number of aliphatic carboxylic acids is 1. The van der Waals surface area contributed by atoms with E-state index in [1.807, 2.05) is 0 Å². The zero-order chi connectivity index (χ0) is 13.9. The lowest BCUT2D eigenvalue weighted by atomic mass is 9.81. The molecule has 3 rings (SSSR count). The Morgan fingerprint density at radius 1 is 1.16 bits per heavy atom. The summed E-state index contributed by atoms with van der Waals surface area (Å²) in [6.07, 6.45) is 3.00. The Balaban J connectivity index is 1.94. The average molecular weight is 265 g/mol. The molecule has 1 aliphatic heterocycles. The van der Waals surface area contributed by atoms with Gasteiger partial charge in [-0.2, -0.15) is 0 Å². The number of rotatable bonds is 3. The lowest BCUT2D eigenvalue weighted by Gasteiger charge is -2.27. The van der Waals surface area contributed by atoms with Gasteiger partial charge in [0.25, 0.3) is 0 Å². The van der Waals surface area contributed by atoms with Gasteiger partial charge in [-0.05, 0) is 37.0 Å². The largest absolute Gasteiger partial charge is 0.480 e. The number of nitrogens with zero attached hydrogens (tertiary/aromatic N) is 1. The molecule has 2 saturated carbocycles. The Hall–Kier alpha value is -1.39. The number of likely N-dealkylation sites (tertiary alicyclic amines) is 1. The molecule has 3 aliphatic rings. The highest BCUT2D eigenvalue weighted by Gasteiger charge is 2.62. The molecule has 3 fully saturated rings. The molecule has 1 saturated heterocycles. The molecule has 2 bridgehead atoms. The summed E-state index contributed by atoms with van der Waals surface area (Å²) in [5, 5.41) is 9.30. The standard InChI is InChI=1S/C14H19NO4/c1-6(2)11(14(18)19)15-12(16)9-7-3-4-8(5-7)10(9)13(15)17/h6-11H,3-5H2,1-2H3,(H,18,19)/t7-,8+,9-,10-,11+/m0/s1. The van der Waals surface area contributed by atoms with Crippen LogP contribution in [0.1, 0.15) is 33.1 Å². The van der Waals surface area contributed by atoms with Gasteiger partial charge in [-0.15, -0.1) is 0 Å². The van der Waals surface area contributed by atoms with Crippen molar-refractivity contribution in [3.8, 4) is 0 Å². The van der Waals surface area contributed by atoms with Gasteiger partial charge in [0.2, 0.25) is 11.8 Å². The molecule has 5 nitrogen and oxygen atoms in total. The zero-order valence-corrected chi connectivity index (χ0v) is 11.2. The third-order valence-electron chi connectivity index (χ3n) is 5.12. The third-order valence-corrected chi connectivity index (χ3v) is 5.12. The highest BCUT2D eigenvalue weighted by Crippen LogP contribution is 2.56. The minimum Gasteiger partial charge on any atom is -0.480 e. The number of carboxylic acid groups (broad SMARTS) is 1. The van der Waals surface area contributed by atoms with Crippen molar-refractivity contribution in [3.05, 3.63) is 0 Å². The molecule has 1 N–H and O–H groups in total. The predicted molar refractivity (Wildman–Crippen MR) is 65.9 cm³/mol. The quantitative estimate of drug-likeness (QED) is 0.776. The molecule has 104 valence electrons. The van der Waals surface area contributed by atoms with Crippen LogP contribution in [0, 0.1) is 29.6 Å². The van der Waals surface area contributed by atoms with Crippen molar-refractivity contribution < 1.29 is 19.5 Å².